The molecule has 0 unspecified atom stereocenters. The predicted octanol–water partition coefficient (Wildman–Crippen LogP) is 1.41. The maximum atomic E-state index is 11.4. The number of ether oxygens (including phenoxy) is 1. The minimum Gasteiger partial charge on any atom is -0.482 e. The van der Waals surface area contributed by atoms with Gasteiger partial charge in [-0.2, -0.15) is 0 Å². The fourth-order valence-corrected chi connectivity index (χ4v) is 2.41. The maximum Gasteiger partial charge on any atom is 0.245 e. The van der Waals surface area contributed by atoms with Crippen LogP contribution in [-0.2, 0) is 15.4 Å². The summed E-state index contributed by atoms with van der Waals surface area (Å²) in [6.07, 6.45) is 1.06. The van der Waals surface area contributed by atoms with Gasteiger partial charge in [0, 0.05) is 5.56 Å². The van der Waals surface area contributed by atoms with E-state index in [-0.39, 0.29) is 11.4 Å². The standard InChI is InChI=1S/C12H18N4O3S/c1-12(2,3)8-6-7-9(19-4)16-10(8)13-14-11(16)15-20(5,17)18/h6-7H,1-5H3,(H,14,15). The molecule has 8 heteroatoms. The van der Waals surface area contributed by atoms with Gasteiger partial charge in [-0.1, -0.05) is 20.8 Å². The highest BCUT2D eigenvalue weighted by Gasteiger charge is 2.23. The Morgan fingerprint density at radius 2 is 1.90 bits per heavy atom. The Balaban J connectivity index is 2.75. The number of hydrogen-bond acceptors (Lipinski definition) is 5. The van der Waals surface area contributed by atoms with Crippen molar-refractivity contribution in [3.8, 4) is 5.88 Å². The molecule has 0 aliphatic rings. The minimum atomic E-state index is -3.44. The molecule has 0 bridgehead atoms. The van der Waals surface area contributed by atoms with E-state index in [2.05, 4.69) is 14.9 Å². The Labute approximate surface area is 118 Å². The van der Waals surface area contributed by atoms with Crippen LogP contribution in [0.15, 0.2) is 12.1 Å². The number of nitrogens with one attached hydrogen (secondary N) is 1. The predicted molar refractivity (Wildman–Crippen MR) is 76.7 cm³/mol. The van der Waals surface area contributed by atoms with Crippen LogP contribution in [0, 0.1) is 0 Å². The van der Waals surface area contributed by atoms with Crippen LogP contribution in [0.5, 0.6) is 5.88 Å². The molecule has 0 fully saturated rings. The lowest BCUT2D eigenvalue weighted by molar-refractivity contribution is 0.392. The third-order valence-corrected chi connectivity index (χ3v) is 3.36. The molecule has 0 saturated heterocycles. The molecule has 2 aromatic rings. The summed E-state index contributed by atoms with van der Waals surface area (Å²) in [7, 11) is -1.93. The van der Waals surface area contributed by atoms with Gasteiger partial charge in [-0.15, -0.1) is 10.2 Å². The van der Waals surface area contributed by atoms with Gasteiger partial charge in [-0.3, -0.25) is 4.72 Å². The molecule has 0 amide bonds. The third kappa shape index (κ3) is 2.69. The van der Waals surface area contributed by atoms with Crippen LogP contribution in [0.4, 0.5) is 5.95 Å². The fourth-order valence-electron chi connectivity index (χ4n) is 1.95. The molecule has 0 aliphatic carbocycles. The lowest BCUT2D eigenvalue weighted by Gasteiger charge is -2.20. The second-order valence-electron chi connectivity index (χ2n) is 5.60. The molecular weight excluding hydrogens is 280 g/mol. The fraction of sp³-hybridized carbons (Fsp3) is 0.500. The Hall–Kier alpha value is -1.83. The molecule has 1 N–H and O–H groups in total. The van der Waals surface area contributed by atoms with E-state index in [9.17, 15) is 8.42 Å². The second kappa shape index (κ2) is 4.62. The van der Waals surface area contributed by atoms with Crippen LogP contribution in [-0.4, -0.2) is 36.4 Å². The minimum absolute atomic E-state index is 0.116. The number of rotatable bonds is 3. The average molecular weight is 298 g/mol. The summed E-state index contributed by atoms with van der Waals surface area (Å²) in [4.78, 5) is 0. The average Bonchev–Trinajstić information content (AvgIpc) is 2.68. The van der Waals surface area contributed by atoms with Crippen LogP contribution >= 0.6 is 0 Å². The van der Waals surface area contributed by atoms with Crippen molar-refractivity contribution >= 4 is 21.6 Å². The van der Waals surface area contributed by atoms with E-state index in [0.29, 0.717) is 11.5 Å². The van der Waals surface area contributed by atoms with E-state index in [1.807, 2.05) is 26.8 Å². The molecule has 2 aromatic heterocycles. The molecule has 2 heterocycles. The highest BCUT2D eigenvalue weighted by molar-refractivity contribution is 7.91. The highest BCUT2D eigenvalue weighted by Crippen LogP contribution is 2.30. The van der Waals surface area contributed by atoms with Crippen molar-refractivity contribution in [2.45, 2.75) is 26.2 Å². The van der Waals surface area contributed by atoms with Crippen molar-refractivity contribution in [2.75, 3.05) is 18.1 Å². The molecule has 0 spiro atoms. The summed E-state index contributed by atoms with van der Waals surface area (Å²) in [5, 5.41) is 7.99. The Bertz CT molecular complexity index is 744. The van der Waals surface area contributed by atoms with Gasteiger partial charge in [0.1, 0.15) is 0 Å². The molecule has 0 aromatic carbocycles. The number of anilines is 1. The van der Waals surface area contributed by atoms with Gasteiger partial charge >= 0.3 is 0 Å². The Morgan fingerprint density at radius 3 is 2.40 bits per heavy atom. The molecule has 0 aliphatic heterocycles. The van der Waals surface area contributed by atoms with E-state index in [0.717, 1.165) is 11.8 Å². The lowest BCUT2D eigenvalue weighted by atomic mass is 9.88. The summed E-state index contributed by atoms with van der Waals surface area (Å²) in [5.74, 6) is 0.578. The number of fused-ring (bicyclic) bond motifs is 1. The van der Waals surface area contributed by atoms with E-state index >= 15 is 0 Å². The monoisotopic (exact) mass is 298 g/mol. The lowest BCUT2D eigenvalue weighted by Crippen LogP contribution is -2.15. The Kier molecular flexibility index (Phi) is 3.37. The first-order chi connectivity index (χ1) is 9.13. The van der Waals surface area contributed by atoms with Gasteiger partial charge in [0.15, 0.2) is 5.65 Å². The van der Waals surface area contributed by atoms with Crippen molar-refractivity contribution in [1.82, 2.24) is 14.6 Å². The molecule has 0 radical (unpaired) electrons. The molecule has 110 valence electrons. The van der Waals surface area contributed by atoms with Gasteiger partial charge in [-0.05, 0) is 17.5 Å². The van der Waals surface area contributed by atoms with Crippen molar-refractivity contribution in [3.63, 3.8) is 0 Å². The maximum absolute atomic E-state index is 11.4. The van der Waals surface area contributed by atoms with E-state index in [1.165, 1.54) is 7.11 Å². The molecule has 0 atom stereocenters. The van der Waals surface area contributed by atoms with Crippen molar-refractivity contribution in [3.05, 3.63) is 17.7 Å². The first kappa shape index (κ1) is 14.6. The van der Waals surface area contributed by atoms with Crippen molar-refractivity contribution in [2.24, 2.45) is 0 Å². The number of nitrogens with zero attached hydrogens (tertiary/aromatic N) is 3. The van der Waals surface area contributed by atoms with Gasteiger partial charge in [-0.25, -0.2) is 12.8 Å². The summed E-state index contributed by atoms with van der Waals surface area (Å²) in [5.41, 5.74) is 1.37. The molecule has 0 saturated carbocycles. The Morgan fingerprint density at radius 1 is 1.25 bits per heavy atom. The molecule has 7 nitrogen and oxygen atoms in total. The summed E-state index contributed by atoms with van der Waals surface area (Å²) >= 11 is 0. The molecule has 20 heavy (non-hydrogen) atoms. The normalized spacial score (nSPS) is 12.7. The second-order valence-corrected chi connectivity index (χ2v) is 7.34. The zero-order valence-electron chi connectivity index (χ0n) is 12.1. The SMILES string of the molecule is COc1ccc(C(C)(C)C)c2nnc(NS(C)(=O)=O)n12. The summed E-state index contributed by atoms with van der Waals surface area (Å²) in [6, 6.07) is 3.68. The van der Waals surface area contributed by atoms with Crippen LogP contribution in [0.2, 0.25) is 0 Å². The van der Waals surface area contributed by atoms with Crippen LogP contribution in [0.1, 0.15) is 26.3 Å². The molecular formula is C12H18N4O3S. The number of methoxy groups -OCH3 is 1. The molecule has 2 rings (SSSR count). The number of sulfonamides is 1. The van der Waals surface area contributed by atoms with Crippen LogP contribution < -0.4 is 9.46 Å². The van der Waals surface area contributed by atoms with Gasteiger partial charge in [0.2, 0.25) is 21.9 Å². The van der Waals surface area contributed by atoms with E-state index < -0.39 is 10.0 Å². The highest BCUT2D eigenvalue weighted by atomic mass is 32.2. The van der Waals surface area contributed by atoms with Crippen molar-refractivity contribution in [1.29, 1.82) is 0 Å². The topological polar surface area (TPSA) is 85.6 Å². The summed E-state index contributed by atoms with van der Waals surface area (Å²) < 4.78 is 31.9. The van der Waals surface area contributed by atoms with Crippen LogP contribution in [0.25, 0.3) is 5.65 Å². The van der Waals surface area contributed by atoms with E-state index in [1.54, 1.807) is 10.5 Å². The first-order valence-corrected chi connectivity index (χ1v) is 7.93. The van der Waals surface area contributed by atoms with E-state index in [4.69, 9.17) is 4.74 Å². The zero-order chi connectivity index (χ0) is 15.1. The van der Waals surface area contributed by atoms with Gasteiger partial charge in [0.25, 0.3) is 0 Å². The van der Waals surface area contributed by atoms with Crippen LogP contribution in [0.3, 0.4) is 0 Å². The van der Waals surface area contributed by atoms with Crippen molar-refractivity contribution < 1.29 is 13.2 Å². The zero-order valence-corrected chi connectivity index (χ0v) is 12.9. The smallest absolute Gasteiger partial charge is 0.245 e. The largest absolute Gasteiger partial charge is 0.482 e. The summed E-state index contributed by atoms with van der Waals surface area (Å²) in [6.45, 7) is 6.15. The quantitative estimate of drug-likeness (QED) is 0.926. The number of aromatic nitrogens is 3. The number of pyridine rings is 1. The number of hydrogen-bond donors (Lipinski definition) is 1. The van der Waals surface area contributed by atoms with Gasteiger partial charge in [0.05, 0.1) is 13.4 Å². The van der Waals surface area contributed by atoms with Gasteiger partial charge < -0.3 is 4.74 Å². The third-order valence-electron chi connectivity index (χ3n) is 2.81. The first-order valence-electron chi connectivity index (χ1n) is 6.04.